The van der Waals surface area contributed by atoms with E-state index in [1.807, 2.05) is 0 Å². The van der Waals surface area contributed by atoms with Crippen molar-refractivity contribution in [3.8, 4) is 12.0 Å². The van der Waals surface area contributed by atoms with Gasteiger partial charge in [-0.05, 0) is 12.1 Å². The zero-order valence-electron chi connectivity index (χ0n) is 6.98. The molecule has 1 aromatic rings. The second kappa shape index (κ2) is 4.12. The molecule has 4 nitrogen and oxygen atoms in total. The van der Waals surface area contributed by atoms with E-state index in [1.165, 1.54) is 25.5 Å². The fraction of sp³-hybridized carbons (Fsp3) is 0.111. The molecule has 4 heteroatoms. The first kappa shape index (κ1) is 9.07. The highest BCUT2D eigenvalue weighted by molar-refractivity contribution is 5.92. The predicted molar refractivity (Wildman–Crippen MR) is 44.0 cm³/mol. The van der Waals surface area contributed by atoms with Crippen LogP contribution in [-0.4, -0.2) is 13.1 Å². The summed E-state index contributed by atoms with van der Waals surface area (Å²) in [7, 11) is 1.27. The number of hydrogen-bond donors (Lipinski definition) is 0. The molecule has 0 heterocycles. The zero-order valence-corrected chi connectivity index (χ0v) is 6.98. The standard InChI is InChI=1S/C9H7NO3/c1-12-9(11)7-4-2-3-5-8(7)13-6-10/h2-5H,1H3. The highest BCUT2D eigenvalue weighted by Crippen LogP contribution is 2.17. The fourth-order valence-corrected chi connectivity index (χ4v) is 0.883. The van der Waals surface area contributed by atoms with E-state index in [2.05, 4.69) is 9.47 Å². The highest BCUT2D eigenvalue weighted by atomic mass is 16.5. The van der Waals surface area contributed by atoms with Crippen molar-refractivity contribution in [2.24, 2.45) is 0 Å². The van der Waals surface area contributed by atoms with E-state index in [9.17, 15) is 4.79 Å². The molecule has 0 fully saturated rings. The molecular formula is C9H7NO3. The molecular weight excluding hydrogens is 170 g/mol. The van der Waals surface area contributed by atoms with Gasteiger partial charge in [-0.3, -0.25) is 0 Å². The molecule has 0 amide bonds. The topological polar surface area (TPSA) is 59.3 Å². The summed E-state index contributed by atoms with van der Waals surface area (Å²) in [6, 6.07) is 6.38. The number of methoxy groups -OCH3 is 1. The van der Waals surface area contributed by atoms with Gasteiger partial charge in [-0.25, -0.2) is 4.79 Å². The van der Waals surface area contributed by atoms with Crippen molar-refractivity contribution in [2.45, 2.75) is 0 Å². The van der Waals surface area contributed by atoms with Gasteiger partial charge in [-0.1, -0.05) is 12.1 Å². The molecule has 13 heavy (non-hydrogen) atoms. The molecule has 0 aliphatic carbocycles. The second-order valence-electron chi connectivity index (χ2n) is 2.18. The number of nitrogens with zero attached hydrogens (tertiary/aromatic N) is 1. The van der Waals surface area contributed by atoms with Gasteiger partial charge in [0.2, 0.25) is 0 Å². The van der Waals surface area contributed by atoms with Crippen LogP contribution in [0.25, 0.3) is 0 Å². The summed E-state index contributed by atoms with van der Waals surface area (Å²) in [5.74, 6) is -0.317. The Balaban J connectivity index is 3.05. The fourth-order valence-electron chi connectivity index (χ4n) is 0.883. The van der Waals surface area contributed by atoms with Gasteiger partial charge < -0.3 is 9.47 Å². The predicted octanol–water partition coefficient (Wildman–Crippen LogP) is 1.33. The van der Waals surface area contributed by atoms with Crippen LogP contribution in [0.3, 0.4) is 0 Å². The third kappa shape index (κ3) is 1.97. The summed E-state index contributed by atoms with van der Waals surface area (Å²) in [4.78, 5) is 11.1. The number of carbonyl (C=O) groups excluding carboxylic acids is 1. The summed E-state index contributed by atoms with van der Waals surface area (Å²) in [6.45, 7) is 0. The number of nitriles is 1. The number of esters is 1. The van der Waals surface area contributed by atoms with Crippen LogP contribution < -0.4 is 4.74 Å². The Kier molecular flexibility index (Phi) is 2.87. The summed E-state index contributed by atoms with van der Waals surface area (Å²) in [5, 5.41) is 8.27. The SMILES string of the molecule is COC(=O)c1ccccc1OC#N. The smallest absolute Gasteiger partial charge is 0.341 e. The first-order chi connectivity index (χ1) is 6.29. The third-order valence-corrected chi connectivity index (χ3v) is 1.45. The Morgan fingerprint density at radius 2 is 2.15 bits per heavy atom. The minimum atomic E-state index is -0.522. The number of hydrogen-bond acceptors (Lipinski definition) is 4. The van der Waals surface area contributed by atoms with E-state index < -0.39 is 5.97 Å². The zero-order chi connectivity index (χ0) is 9.68. The Bertz CT molecular complexity index is 354. The number of ether oxygens (including phenoxy) is 2. The first-order valence-corrected chi connectivity index (χ1v) is 3.53. The van der Waals surface area contributed by atoms with Crippen molar-refractivity contribution in [1.29, 1.82) is 5.26 Å². The average molecular weight is 177 g/mol. The van der Waals surface area contributed by atoms with Crippen LogP contribution >= 0.6 is 0 Å². The molecule has 66 valence electrons. The maximum atomic E-state index is 11.1. The van der Waals surface area contributed by atoms with Crippen molar-refractivity contribution >= 4 is 5.97 Å². The molecule has 0 aliphatic rings. The van der Waals surface area contributed by atoms with Crippen LogP contribution in [0.1, 0.15) is 10.4 Å². The van der Waals surface area contributed by atoms with E-state index >= 15 is 0 Å². The van der Waals surface area contributed by atoms with Crippen molar-refractivity contribution < 1.29 is 14.3 Å². The number of rotatable bonds is 2. The molecule has 0 bridgehead atoms. The molecule has 0 saturated carbocycles. The van der Waals surface area contributed by atoms with E-state index in [-0.39, 0.29) is 11.3 Å². The molecule has 0 atom stereocenters. The molecule has 1 aromatic carbocycles. The van der Waals surface area contributed by atoms with Gasteiger partial charge in [0, 0.05) is 0 Å². The van der Waals surface area contributed by atoms with E-state index in [4.69, 9.17) is 5.26 Å². The summed E-state index contributed by atoms with van der Waals surface area (Å²) < 4.78 is 9.06. The summed E-state index contributed by atoms with van der Waals surface area (Å²) >= 11 is 0. The Morgan fingerprint density at radius 3 is 2.77 bits per heavy atom. The molecule has 0 N–H and O–H groups in total. The largest absolute Gasteiger partial charge is 0.465 e. The maximum Gasteiger partial charge on any atom is 0.341 e. The number of carbonyl (C=O) groups is 1. The van der Waals surface area contributed by atoms with Gasteiger partial charge in [0.25, 0.3) is 6.26 Å². The monoisotopic (exact) mass is 177 g/mol. The summed E-state index contributed by atoms with van der Waals surface area (Å²) in [5.41, 5.74) is 0.242. The minimum Gasteiger partial charge on any atom is -0.465 e. The van der Waals surface area contributed by atoms with Gasteiger partial charge in [-0.15, -0.1) is 5.26 Å². The van der Waals surface area contributed by atoms with Crippen LogP contribution in [0.15, 0.2) is 24.3 Å². The van der Waals surface area contributed by atoms with Crippen LogP contribution in [-0.2, 0) is 4.74 Å². The van der Waals surface area contributed by atoms with Gasteiger partial charge in [0.15, 0.2) is 5.75 Å². The van der Waals surface area contributed by atoms with Crippen molar-refractivity contribution in [3.63, 3.8) is 0 Å². The molecule has 0 spiro atoms. The Hall–Kier alpha value is -2.02. The number of para-hydroxylation sites is 1. The van der Waals surface area contributed by atoms with Crippen LogP contribution in [0.4, 0.5) is 0 Å². The van der Waals surface area contributed by atoms with Gasteiger partial charge in [-0.2, -0.15) is 0 Å². The van der Waals surface area contributed by atoms with Gasteiger partial charge in [0.1, 0.15) is 5.56 Å². The van der Waals surface area contributed by atoms with Crippen LogP contribution in [0, 0.1) is 11.5 Å². The maximum absolute atomic E-state index is 11.1. The quantitative estimate of drug-likeness (QED) is 0.505. The third-order valence-electron chi connectivity index (χ3n) is 1.45. The van der Waals surface area contributed by atoms with Crippen molar-refractivity contribution in [1.82, 2.24) is 0 Å². The molecule has 0 radical (unpaired) electrons. The molecule has 0 aromatic heterocycles. The van der Waals surface area contributed by atoms with Gasteiger partial charge >= 0.3 is 5.97 Å². The Labute approximate surface area is 75.3 Å². The normalized spacial score (nSPS) is 8.62. The van der Waals surface area contributed by atoms with Crippen molar-refractivity contribution in [2.75, 3.05) is 7.11 Å². The molecule has 1 rings (SSSR count). The molecule has 0 unspecified atom stereocenters. The van der Waals surface area contributed by atoms with Crippen LogP contribution in [0.5, 0.6) is 5.75 Å². The molecule has 0 saturated heterocycles. The van der Waals surface area contributed by atoms with Gasteiger partial charge in [0.05, 0.1) is 7.11 Å². The first-order valence-electron chi connectivity index (χ1n) is 3.53. The van der Waals surface area contributed by atoms with Crippen molar-refractivity contribution in [3.05, 3.63) is 29.8 Å². The van der Waals surface area contributed by atoms with E-state index in [0.29, 0.717) is 0 Å². The Morgan fingerprint density at radius 1 is 1.46 bits per heavy atom. The second-order valence-corrected chi connectivity index (χ2v) is 2.18. The molecule has 0 aliphatic heterocycles. The lowest BCUT2D eigenvalue weighted by Gasteiger charge is -2.02. The van der Waals surface area contributed by atoms with E-state index in [1.54, 1.807) is 12.1 Å². The highest BCUT2D eigenvalue weighted by Gasteiger charge is 2.11. The van der Waals surface area contributed by atoms with E-state index in [0.717, 1.165) is 0 Å². The lowest BCUT2D eigenvalue weighted by molar-refractivity contribution is 0.0598. The average Bonchev–Trinajstić information content (AvgIpc) is 2.18. The minimum absolute atomic E-state index is 0.205. The summed E-state index contributed by atoms with van der Waals surface area (Å²) in [6.07, 6.45) is 1.50. The van der Waals surface area contributed by atoms with Crippen LogP contribution in [0.2, 0.25) is 0 Å². The number of benzene rings is 1. The lowest BCUT2D eigenvalue weighted by atomic mass is 10.2. The lowest BCUT2D eigenvalue weighted by Crippen LogP contribution is -2.03.